The van der Waals surface area contributed by atoms with E-state index in [1.807, 2.05) is 30.5 Å². The lowest BCUT2D eigenvalue weighted by molar-refractivity contribution is -0.134. The summed E-state index contributed by atoms with van der Waals surface area (Å²) in [5.41, 5.74) is 8.60. The Morgan fingerprint density at radius 2 is 2.07 bits per heavy atom. The second-order valence-corrected chi connectivity index (χ2v) is 6.09. The van der Waals surface area contributed by atoms with Crippen LogP contribution in [0.4, 0.5) is 0 Å². The van der Waals surface area contributed by atoms with E-state index in [0.717, 1.165) is 36.4 Å². The maximum atomic E-state index is 12.5. The van der Waals surface area contributed by atoms with Crippen molar-refractivity contribution in [2.24, 2.45) is 5.73 Å². The predicted octanol–water partition coefficient (Wildman–Crippen LogP) is 1.77. The van der Waals surface area contributed by atoms with Gasteiger partial charge in [0.05, 0.1) is 6.20 Å². The van der Waals surface area contributed by atoms with E-state index in [2.05, 4.69) is 24.5 Å². The number of carboxylic acids is 1. The minimum Gasteiger partial charge on any atom is -0.481 e. The maximum Gasteiger partial charge on any atom is 0.300 e. The number of carboxylic acid groups (broad SMARTS) is 1. The number of aromatic amines is 1. The number of aliphatic carboxylic acids is 1. The number of rotatable bonds is 4. The number of para-hydroxylation sites is 1. The SMILES string of the molecule is CC(=O)O.NCCCn1cc(-c2nc3ncncc3[nH]c2=O)c2ccccc21. The molecule has 28 heavy (non-hydrogen) atoms. The number of aromatic nitrogens is 5. The number of aryl methyl sites for hydroxylation is 1. The quantitative estimate of drug-likeness (QED) is 0.490. The number of benzene rings is 1. The highest BCUT2D eigenvalue weighted by molar-refractivity contribution is 5.95. The third-order valence-electron chi connectivity index (χ3n) is 4.02. The zero-order valence-corrected chi connectivity index (χ0v) is 15.3. The minimum atomic E-state index is -0.833. The first kappa shape index (κ1) is 19.2. The van der Waals surface area contributed by atoms with Crippen LogP contribution < -0.4 is 11.3 Å². The Morgan fingerprint density at radius 3 is 2.82 bits per heavy atom. The largest absolute Gasteiger partial charge is 0.481 e. The second kappa shape index (κ2) is 8.40. The predicted molar refractivity (Wildman–Crippen MR) is 106 cm³/mol. The zero-order chi connectivity index (χ0) is 20.1. The van der Waals surface area contributed by atoms with Gasteiger partial charge in [0, 0.05) is 36.1 Å². The van der Waals surface area contributed by atoms with E-state index in [0.29, 0.717) is 23.4 Å². The van der Waals surface area contributed by atoms with Crippen LogP contribution in [-0.4, -0.2) is 42.1 Å². The highest BCUT2D eigenvalue weighted by Crippen LogP contribution is 2.28. The summed E-state index contributed by atoms with van der Waals surface area (Å²) < 4.78 is 2.11. The van der Waals surface area contributed by atoms with Crippen molar-refractivity contribution < 1.29 is 9.90 Å². The molecule has 3 heterocycles. The lowest BCUT2D eigenvalue weighted by Crippen LogP contribution is -2.12. The highest BCUT2D eigenvalue weighted by Gasteiger charge is 2.15. The van der Waals surface area contributed by atoms with Crippen LogP contribution in [0.15, 0.2) is 47.8 Å². The van der Waals surface area contributed by atoms with E-state index in [-0.39, 0.29) is 5.56 Å². The molecule has 3 aromatic heterocycles. The molecule has 0 unspecified atom stereocenters. The van der Waals surface area contributed by atoms with Crippen molar-refractivity contribution >= 4 is 28.0 Å². The van der Waals surface area contributed by atoms with Crippen molar-refractivity contribution in [1.82, 2.24) is 24.5 Å². The molecule has 4 aromatic rings. The number of hydrogen-bond acceptors (Lipinski definition) is 6. The molecule has 9 heteroatoms. The van der Waals surface area contributed by atoms with Crippen LogP contribution >= 0.6 is 0 Å². The number of carbonyl (C=O) groups is 1. The van der Waals surface area contributed by atoms with Crippen LogP contribution in [0.5, 0.6) is 0 Å². The number of nitrogens with one attached hydrogen (secondary N) is 1. The van der Waals surface area contributed by atoms with Gasteiger partial charge in [0.1, 0.15) is 17.5 Å². The standard InChI is InChI=1S/C17H16N6O.C2H4O2/c18-6-3-7-23-9-12(11-4-1-2-5-14(11)23)15-17(24)21-13-8-19-10-20-16(13)22-15;1-2(3)4/h1-2,4-5,8-10H,3,6-7,18H2,(H,21,24);1H3,(H,3,4). The second-order valence-electron chi connectivity index (χ2n) is 6.09. The van der Waals surface area contributed by atoms with E-state index in [4.69, 9.17) is 15.6 Å². The van der Waals surface area contributed by atoms with Crippen molar-refractivity contribution in [3.63, 3.8) is 0 Å². The monoisotopic (exact) mass is 380 g/mol. The van der Waals surface area contributed by atoms with E-state index in [1.54, 1.807) is 6.20 Å². The van der Waals surface area contributed by atoms with Crippen molar-refractivity contribution in [3.05, 3.63) is 53.3 Å². The average Bonchev–Trinajstić information content (AvgIpc) is 3.04. The molecule has 4 rings (SSSR count). The summed E-state index contributed by atoms with van der Waals surface area (Å²) in [7, 11) is 0. The van der Waals surface area contributed by atoms with Crippen molar-refractivity contribution in [2.75, 3.05) is 6.54 Å². The molecule has 0 aliphatic rings. The van der Waals surface area contributed by atoms with Crippen molar-refractivity contribution in [3.8, 4) is 11.3 Å². The number of fused-ring (bicyclic) bond motifs is 2. The van der Waals surface area contributed by atoms with Gasteiger partial charge in [0.15, 0.2) is 5.65 Å². The van der Waals surface area contributed by atoms with E-state index in [9.17, 15) is 4.79 Å². The molecule has 9 nitrogen and oxygen atoms in total. The lowest BCUT2D eigenvalue weighted by Gasteiger charge is -2.02. The summed E-state index contributed by atoms with van der Waals surface area (Å²) >= 11 is 0. The maximum absolute atomic E-state index is 12.5. The molecule has 4 N–H and O–H groups in total. The molecule has 144 valence electrons. The molecule has 0 spiro atoms. The molecular formula is C19H20N6O3. The summed E-state index contributed by atoms with van der Waals surface area (Å²) in [4.78, 5) is 36.8. The van der Waals surface area contributed by atoms with Crippen molar-refractivity contribution in [2.45, 2.75) is 19.9 Å². The molecule has 0 saturated carbocycles. The van der Waals surface area contributed by atoms with Gasteiger partial charge in [-0.25, -0.2) is 15.0 Å². The molecule has 0 radical (unpaired) electrons. The van der Waals surface area contributed by atoms with Gasteiger partial charge in [0.2, 0.25) is 0 Å². The smallest absolute Gasteiger partial charge is 0.300 e. The van der Waals surface area contributed by atoms with Gasteiger partial charge < -0.3 is 20.4 Å². The number of hydrogen-bond donors (Lipinski definition) is 3. The fraction of sp³-hybridized carbons (Fsp3) is 0.211. The van der Waals surface area contributed by atoms with E-state index >= 15 is 0 Å². The van der Waals surface area contributed by atoms with Crippen LogP contribution in [0.1, 0.15) is 13.3 Å². The molecule has 0 fully saturated rings. The zero-order valence-electron chi connectivity index (χ0n) is 15.3. The third kappa shape index (κ3) is 4.04. The molecule has 0 aliphatic carbocycles. The normalized spacial score (nSPS) is 10.6. The average molecular weight is 380 g/mol. The van der Waals surface area contributed by atoms with E-state index < -0.39 is 5.97 Å². The Hall–Kier alpha value is -3.59. The Labute approximate surface area is 159 Å². The van der Waals surface area contributed by atoms with Crippen LogP contribution in [0, 0.1) is 0 Å². The molecule has 1 aromatic carbocycles. The highest BCUT2D eigenvalue weighted by atomic mass is 16.4. The number of H-pyrrole nitrogens is 1. The minimum absolute atomic E-state index is 0.251. The number of nitrogens with two attached hydrogens (primary N) is 1. The Morgan fingerprint density at radius 1 is 1.32 bits per heavy atom. The Kier molecular flexibility index (Phi) is 5.75. The van der Waals surface area contributed by atoms with Crippen molar-refractivity contribution in [1.29, 1.82) is 0 Å². The third-order valence-corrected chi connectivity index (χ3v) is 4.02. The van der Waals surface area contributed by atoms with Crippen LogP contribution in [0.25, 0.3) is 33.3 Å². The van der Waals surface area contributed by atoms with Crippen LogP contribution in [-0.2, 0) is 11.3 Å². The van der Waals surface area contributed by atoms with Gasteiger partial charge in [-0.2, -0.15) is 0 Å². The Balaban J connectivity index is 0.000000516. The summed E-state index contributed by atoms with van der Waals surface area (Å²) in [5.74, 6) is -0.833. The first-order chi connectivity index (χ1) is 13.5. The summed E-state index contributed by atoms with van der Waals surface area (Å²) in [6.07, 6.45) is 5.80. The first-order valence-corrected chi connectivity index (χ1v) is 8.69. The summed E-state index contributed by atoms with van der Waals surface area (Å²) in [6.45, 7) is 2.50. The van der Waals surface area contributed by atoms with Gasteiger partial charge in [-0.05, 0) is 19.0 Å². The summed E-state index contributed by atoms with van der Waals surface area (Å²) in [5, 5.41) is 8.40. The molecular weight excluding hydrogens is 360 g/mol. The fourth-order valence-electron chi connectivity index (χ4n) is 2.90. The van der Waals surface area contributed by atoms with Gasteiger partial charge in [0.25, 0.3) is 11.5 Å². The van der Waals surface area contributed by atoms with E-state index in [1.165, 1.54) is 6.33 Å². The summed E-state index contributed by atoms with van der Waals surface area (Å²) in [6, 6.07) is 7.97. The molecule has 0 aliphatic heterocycles. The first-order valence-electron chi connectivity index (χ1n) is 8.69. The number of nitrogens with zero attached hydrogens (tertiary/aromatic N) is 4. The van der Waals surface area contributed by atoms with Gasteiger partial charge in [-0.15, -0.1) is 0 Å². The van der Waals surface area contributed by atoms with Gasteiger partial charge in [-0.3, -0.25) is 9.59 Å². The van der Waals surface area contributed by atoms with Gasteiger partial charge >= 0.3 is 0 Å². The molecule has 0 saturated heterocycles. The lowest BCUT2D eigenvalue weighted by atomic mass is 10.1. The van der Waals surface area contributed by atoms with Crippen LogP contribution in [0.2, 0.25) is 0 Å². The fourth-order valence-corrected chi connectivity index (χ4v) is 2.90. The molecule has 0 atom stereocenters. The van der Waals surface area contributed by atoms with Gasteiger partial charge in [-0.1, -0.05) is 18.2 Å². The van der Waals surface area contributed by atoms with Crippen LogP contribution in [0.3, 0.4) is 0 Å². The Bertz CT molecular complexity index is 1180. The molecule has 0 amide bonds. The topological polar surface area (TPSA) is 140 Å². The molecule has 0 bridgehead atoms.